The van der Waals surface area contributed by atoms with Gasteiger partial charge in [-0.15, -0.1) is 11.8 Å². The number of amides is 2. The number of rotatable bonds is 4. The molecule has 2 saturated heterocycles. The number of hydrogen-bond acceptors (Lipinski definition) is 5. The van der Waals surface area contributed by atoms with E-state index in [9.17, 15) is 9.59 Å². The number of thioether (sulfide) groups is 1. The largest absolute Gasteiger partial charge is 0.457 e. The third-order valence-electron chi connectivity index (χ3n) is 4.74. The molecule has 1 unspecified atom stereocenters. The van der Waals surface area contributed by atoms with Crippen LogP contribution in [0.4, 0.5) is 5.69 Å². The fourth-order valence-electron chi connectivity index (χ4n) is 3.41. The van der Waals surface area contributed by atoms with Crippen molar-refractivity contribution in [2.24, 2.45) is 0 Å². The summed E-state index contributed by atoms with van der Waals surface area (Å²) in [5.41, 5.74) is 1.62. The number of anilines is 1. The van der Waals surface area contributed by atoms with Gasteiger partial charge in [0, 0.05) is 36.8 Å². The molecule has 2 fully saturated rings. The average Bonchev–Trinajstić information content (AvgIpc) is 3.20. The topological polar surface area (TPSA) is 71.5 Å². The van der Waals surface area contributed by atoms with Gasteiger partial charge in [0.2, 0.25) is 5.91 Å². The number of benzene rings is 1. The monoisotopic (exact) mass is 369 g/mol. The van der Waals surface area contributed by atoms with Gasteiger partial charge in [-0.3, -0.25) is 14.6 Å². The summed E-state index contributed by atoms with van der Waals surface area (Å²) in [7, 11) is 0. The summed E-state index contributed by atoms with van der Waals surface area (Å²) < 4.78 is 5.84. The van der Waals surface area contributed by atoms with Crippen molar-refractivity contribution in [3.05, 3.63) is 48.3 Å². The van der Waals surface area contributed by atoms with Crippen molar-refractivity contribution in [2.75, 3.05) is 17.6 Å². The second-order valence-electron chi connectivity index (χ2n) is 6.40. The molecule has 1 N–H and O–H groups in total. The van der Waals surface area contributed by atoms with Crippen molar-refractivity contribution in [3.63, 3.8) is 0 Å². The lowest BCUT2D eigenvalue weighted by atomic mass is 10.1. The van der Waals surface area contributed by atoms with Crippen LogP contribution >= 0.6 is 11.8 Å². The first-order chi connectivity index (χ1) is 12.6. The second kappa shape index (κ2) is 6.64. The van der Waals surface area contributed by atoms with E-state index in [0.29, 0.717) is 30.8 Å². The lowest BCUT2D eigenvalue weighted by Gasteiger charge is -2.29. The fourth-order valence-corrected chi connectivity index (χ4v) is 4.80. The van der Waals surface area contributed by atoms with E-state index >= 15 is 0 Å². The molecule has 2 aromatic rings. The molecule has 1 aromatic carbocycles. The molecule has 0 spiro atoms. The summed E-state index contributed by atoms with van der Waals surface area (Å²) in [6.07, 6.45) is 4.36. The van der Waals surface area contributed by atoms with Gasteiger partial charge in [0.1, 0.15) is 11.5 Å². The van der Waals surface area contributed by atoms with Gasteiger partial charge in [-0.25, -0.2) is 0 Å². The molecule has 2 aliphatic rings. The highest BCUT2D eigenvalue weighted by Crippen LogP contribution is 2.45. The maximum absolute atomic E-state index is 12.9. The van der Waals surface area contributed by atoms with E-state index in [4.69, 9.17) is 4.74 Å². The van der Waals surface area contributed by atoms with Crippen LogP contribution in [0.5, 0.6) is 11.5 Å². The van der Waals surface area contributed by atoms with Crippen LogP contribution in [0, 0.1) is 6.92 Å². The van der Waals surface area contributed by atoms with E-state index < -0.39 is 4.87 Å². The highest BCUT2D eigenvalue weighted by Gasteiger charge is 2.54. The maximum Gasteiger partial charge on any atom is 0.260 e. The first-order valence-electron chi connectivity index (χ1n) is 8.53. The summed E-state index contributed by atoms with van der Waals surface area (Å²) >= 11 is 1.56. The predicted octanol–water partition coefficient (Wildman–Crippen LogP) is 3.19. The summed E-state index contributed by atoms with van der Waals surface area (Å²) in [4.78, 5) is 29.8. The van der Waals surface area contributed by atoms with Gasteiger partial charge in [0.05, 0.1) is 0 Å². The maximum atomic E-state index is 12.9. The molecular weight excluding hydrogens is 350 g/mol. The molecule has 2 aliphatic heterocycles. The third kappa shape index (κ3) is 2.92. The lowest BCUT2D eigenvalue weighted by molar-refractivity contribution is -0.133. The molecule has 1 atom stereocenters. The Hall–Kier alpha value is -2.54. The van der Waals surface area contributed by atoms with Crippen molar-refractivity contribution in [3.8, 4) is 11.5 Å². The molecule has 2 amide bonds. The minimum atomic E-state index is -0.739. The summed E-state index contributed by atoms with van der Waals surface area (Å²) in [6.45, 7) is 2.58. The van der Waals surface area contributed by atoms with E-state index in [1.54, 1.807) is 41.2 Å². The smallest absolute Gasteiger partial charge is 0.260 e. The Morgan fingerprint density at radius 2 is 2.12 bits per heavy atom. The van der Waals surface area contributed by atoms with Gasteiger partial charge in [-0.05, 0) is 49.2 Å². The van der Waals surface area contributed by atoms with E-state index in [-0.39, 0.29) is 11.8 Å². The van der Waals surface area contributed by atoms with Gasteiger partial charge in [-0.1, -0.05) is 0 Å². The molecule has 0 aliphatic carbocycles. The molecule has 0 bridgehead atoms. The van der Waals surface area contributed by atoms with E-state index in [2.05, 4.69) is 10.3 Å². The van der Waals surface area contributed by atoms with E-state index in [1.165, 1.54) is 0 Å². The molecule has 0 saturated carbocycles. The zero-order chi connectivity index (χ0) is 18.1. The third-order valence-corrected chi connectivity index (χ3v) is 6.21. The van der Waals surface area contributed by atoms with Crippen molar-refractivity contribution in [2.45, 2.75) is 24.6 Å². The van der Waals surface area contributed by atoms with Crippen molar-refractivity contribution in [1.29, 1.82) is 0 Å². The number of pyridine rings is 1. The summed E-state index contributed by atoms with van der Waals surface area (Å²) in [6, 6.07) is 9.11. The number of carbonyl (C=O) groups excluding carboxylic acids is 2. The SMILES string of the molecule is Cc1cc(NC(=O)C23CCC(=O)N2CCS3)ccc1Oc1ccncc1. The number of fused-ring (bicyclic) bond motifs is 1. The number of ether oxygens (including phenoxy) is 1. The fraction of sp³-hybridized carbons (Fsp3) is 0.316. The average molecular weight is 369 g/mol. The molecule has 1 aromatic heterocycles. The van der Waals surface area contributed by atoms with Crippen LogP contribution in [0.3, 0.4) is 0 Å². The summed E-state index contributed by atoms with van der Waals surface area (Å²) in [5.74, 6) is 2.19. The molecule has 0 radical (unpaired) electrons. The van der Waals surface area contributed by atoms with Crippen LogP contribution in [0.25, 0.3) is 0 Å². The van der Waals surface area contributed by atoms with Crippen LogP contribution in [0.15, 0.2) is 42.7 Å². The molecule has 6 nitrogen and oxygen atoms in total. The van der Waals surface area contributed by atoms with Gasteiger partial charge in [0.15, 0.2) is 4.87 Å². The van der Waals surface area contributed by atoms with Gasteiger partial charge in [-0.2, -0.15) is 0 Å². The van der Waals surface area contributed by atoms with Crippen LogP contribution < -0.4 is 10.1 Å². The number of aryl methyl sites for hydroxylation is 1. The molecule has 3 heterocycles. The van der Waals surface area contributed by atoms with Gasteiger partial charge in [0.25, 0.3) is 5.91 Å². The Kier molecular flexibility index (Phi) is 4.32. The zero-order valence-electron chi connectivity index (χ0n) is 14.4. The number of hydrogen-bond donors (Lipinski definition) is 1. The number of nitrogens with one attached hydrogen (secondary N) is 1. The van der Waals surface area contributed by atoms with E-state index in [1.807, 2.05) is 25.1 Å². The molecule has 4 rings (SSSR count). The van der Waals surface area contributed by atoms with Crippen molar-refractivity contribution >= 4 is 29.3 Å². The molecule has 26 heavy (non-hydrogen) atoms. The van der Waals surface area contributed by atoms with Crippen molar-refractivity contribution in [1.82, 2.24) is 9.88 Å². The molecule has 7 heteroatoms. The Balaban J connectivity index is 1.50. The standard InChI is InChI=1S/C19H19N3O3S/c1-13-12-14(2-3-16(13)25-15-5-8-20-9-6-15)21-18(24)19-7-4-17(23)22(19)10-11-26-19/h2-3,5-6,8-9,12H,4,7,10-11H2,1H3,(H,21,24). The zero-order valence-corrected chi connectivity index (χ0v) is 15.2. The Bertz CT molecular complexity index is 858. The second-order valence-corrected chi connectivity index (χ2v) is 7.77. The number of nitrogens with zero attached hydrogens (tertiary/aromatic N) is 2. The number of carbonyl (C=O) groups is 2. The highest BCUT2D eigenvalue weighted by molar-refractivity contribution is 8.01. The van der Waals surface area contributed by atoms with Crippen LogP contribution in [-0.4, -0.2) is 38.9 Å². The van der Waals surface area contributed by atoms with Gasteiger partial charge >= 0.3 is 0 Å². The predicted molar refractivity (Wildman–Crippen MR) is 100 cm³/mol. The first-order valence-corrected chi connectivity index (χ1v) is 9.51. The quantitative estimate of drug-likeness (QED) is 0.896. The van der Waals surface area contributed by atoms with Crippen LogP contribution in [0.1, 0.15) is 18.4 Å². The van der Waals surface area contributed by atoms with Crippen LogP contribution in [0.2, 0.25) is 0 Å². The molecular formula is C19H19N3O3S. The normalized spacial score (nSPS) is 21.6. The Labute approximate surface area is 155 Å². The summed E-state index contributed by atoms with van der Waals surface area (Å²) in [5, 5.41) is 2.98. The lowest BCUT2D eigenvalue weighted by Crippen LogP contribution is -2.48. The highest BCUT2D eigenvalue weighted by atomic mass is 32.2. The van der Waals surface area contributed by atoms with Gasteiger partial charge < -0.3 is 15.0 Å². The van der Waals surface area contributed by atoms with E-state index in [0.717, 1.165) is 17.1 Å². The van der Waals surface area contributed by atoms with Crippen molar-refractivity contribution < 1.29 is 14.3 Å². The minimum absolute atomic E-state index is 0.0717. The Morgan fingerprint density at radius 3 is 2.88 bits per heavy atom. The Morgan fingerprint density at radius 1 is 1.31 bits per heavy atom. The number of aromatic nitrogens is 1. The van der Waals surface area contributed by atoms with Crippen LogP contribution in [-0.2, 0) is 9.59 Å². The minimum Gasteiger partial charge on any atom is -0.457 e. The first kappa shape index (κ1) is 16.9. The molecule has 134 valence electrons.